The second kappa shape index (κ2) is 4.16. The minimum Gasteiger partial charge on any atom is -0.490 e. The fraction of sp³-hybridized carbons (Fsp3) is 0.250. The van der Waals surface area contributed by atoms with Gasteiger partial charge in [-0.25, -0.2) is 4.39 Å². The van der Waals surface area contributed by atoms with E-state index >= 15 is 0 Å². The Morgan fingerprint density at radius 3 is 2.33 bits per heavy atom. The third-order valence-corrected chi connectivity index (χ3v) is 1.54. The second-order valence-electron chi connectivity index (χ2n) is 2.53. The molecule has 0 aliphatic heterocycles. The van der Waals surface area contributed by atoms with Crippen molar-refractivity contribution in [1.29, 1.82) is 0 Å². The average Bonchev–Trinajstić information content (AvgIpc) is 2.02. The molecule has 66 valence electrons. The summed E-state index contributed by atoms with van der Waals surface area (Å²) in [6.45, 7) is 0.0202. The summed E-state index contributed by atoms with van der Waals surface area (Å²) >= 11 is 0. The summed E-state index contributed by atoms with van der Waals surface area (Å²) in [4.78, 5) is 0. The lowest BCUT2D eigenvalue weighted by Crippen LogP contribution is -2.15. The number of hydrogen-bond donors (Lipinski definition) is 0. The van der Waals surface area contributed by atoms with Crippen molar-refractivity contribution in [3.63, 3.8) is 0 Å². The van der Waals surface area contributed by atoms with Crippen LogP contribution in [0.25, 0.3) is 0 Å². The molecule has 2 unspecified atom stereocenters. The highest BCUT2D eigenvalue weighted by Crippen LogP contribution is 2.28. The first-order valence-electron chi connectivity index (χ1n) is 3.52. The van der Waals surface area contributed by atoms with Crippen LogP contribution >= 0.6 is 18.5 Å². The lowest BCUT2D eigenvalue weighted by atomic mass is 10.3. The van der Waals surface area contributed by atoms with Gasteiger partial charge in [0.1, 0.15) is 12.4 Å². The summed E-state index contributed by atoms with van der Waals surface area (Å²) in [5.41, 5.74) is 0. The van der Waals surface area contributed by atoms with Crippen LogP contribution in [-0.2, 0) is 0 Å². The van der Waals surface area contributed by atoms with Crippen molar-refractivity contribution in [3.05, 3.63) is 30.3 Å². The number of ether oxygens (including phenoxy) is 1. The van der Waals surface area contributed by atoms with Crippen molar-refractivity contribution < 1.29 is 9.13 Å². The van der Waals surface area contributed by atoms with Gasteiger partial charge < -0.3 is 4.74 Å². The van der Waals surface area contributed by atoms with Gasteiger partial charge in [0.15, 0.2) is 5.15 Å². The molecule has 0 radical (unpaired) electrons. The fourth-order valence-electron chi connectivity index (χ4n) is 0.711. The van der Waals surface area contributed by atoms with Crippen LogP contribution in [0.4, 0.5) is 4.39 Å². The molecule has 1 aromatic rings. The molecular formula is C8H11FOP2. The summed E-state index contributed by atoms with van der Waals surface area (Å²) < 4.78 is 18.0. The summed E-state index contributed by atoms with van der Waals surface area (Å²) in [5.74, 6) is 0.685. The molecule has 0 heterocycles. The van der Waals surface area contributed by atoms with Gasteiger partial charge in [-0.2, -0.15) is 0 Å². The quantitative estimate of drug-likeness (QED) is 0.687. The predicted molar refractivity (Wildman–Crippen MR) is 55.2 cm³/mol. The largest absolute Gasteiger partial charge is 0.490 e. The topological polar surface area (TPSA) is 9.23 Å². The van der Waals surface area contributed by atoms with E-state index in [9.17, 15) is 4.39 Å². The highest BCUT2D eigenvalue weighted by molar-refractivity contribution is 7.39. The molecule has 2 atom stereocenters. The molecule has 12 heavy (non-hydrogen) atoms. The van der Waals surface area contributed by atoms with Crippen molar-refractivity contribution in [3.8, 4) is 5.75 Å². The first-order chi connectivity index (χ1) is 5.58. The van der Waals surface area contributed by atoms with Gasteiger partial charge in [-0.3, -0.25) is 0 Å². The lowest BCUT2D eigenvalue weighted by Gasteiger charge is -2.14. The second-order valence-corrected chi connectivity index (χ2v) is 5.11. The summed E-state index contributed by atoms with van der Waals surface area (Å²) in [7, 11) is 4.12. The van der Waals surface area contributed by atoms with E-state index in [1.54, 1.807) is 12.1 Å². The monoisotopic (exact) mass is 204 g/mol. The van der Waals surface area contributed by atoms with Crippen LogP contribution in [0.5, 0.6) is 5.75 Å². The zero-order valence-corrected chi connectivity index (χ0v) is 8.84. The molecule has 1 aromatic carbocycles. The number of hydrogen-bond acceptors (Lipinski definition) is 1. The highest BCUT2D eigenvalue weighted by Gasteiger charge is 2.16. The van der Waals surface area contributed by atoms with Gasteiger partial charge in [0, 0.05) is 0 Å². The van der Waals surface area contributed by atoms with E-state index in [0.29, 0.717) is 5.75 Å². The van der Waals surface area contributed by atoms with Crippen molar-refractivity contribution in [2.45, 2.75) is 5.15 Å². The number of halogens is 1. The molecule has 0 N–H and O–H groups in total. The van der Waals surface area contributed by atoms with Gasteiger partial charge >= 0.3 is 0 Å². The number of rotatable bonds is 3. The molecule has 0 spiro atoms. The molecule has 1 nitrogen and oxygen atoms in total. The van der Waals surface area contributed by atoms with E-state index in [2.05, 4.69) is 18.5 Å². The van der Waals surface area contributed by atoms with Crippen LogP contribution in [-0.4, -0.2) is 11.8 Å². The number of para-hydroxylation sites is 1. The van der Waals surface area contributed by atoms with E-state index in [0.717, 1.165) is 0 Å². The Hall–Kier alpha value is -0.190. The highest BCUT2D eigenvalue weighted by atomic mass is 31.1. The average molecular weight is 204 g/mol. The number of benzene rings is 1. The summed E-state index contributed by atoms with van der Waals surface area (Å²) in [6.07, 6.45) is 0. The molecule has 0 aromatic heterocycles. The standard InChI is InChI=1S/C8H11FOP2/c9-8(11,12)6-10-7-4-2-1-3-5-7/h1-5H,6,11-12H2. The molecule has 1 rings (SSSR count). The molecule has 0 saturated carbocycles. The Kier molecular flexibility index (Phi) is 3.43. The van der Waals surface area contributed by atoms with Crippen molar-refractivity contribution in [2.24, 2.45) is 0 Å². The Morgan fingerprint density at radius 1 is 1.25 bits per heavy atom. The first-order valence-corrected chi connectivity index (χ1v) is 4.68. The predicted octanol–water partition coefficient (Wildman–Crippen LogP) is 2.44. The third-order valence-electron chi connectivity index (χ3n) is 1.20. The minimum atomic E-state index is -1.43. The van der Waals surface area contributed by atoms with Gasteiger partial charge in [-0.05, 0) is 12.1 Å². The molecule has 0 amide bonds. The van der Waals surface area contributed by atoms with Crippen LogP contribution in [0.1, 0.15) is 0 Å². The van der Waals surface area contributed by atoms with Gasteiger partial charge in [-0.1, -0.05) is 36.7 Å². The maximum absolute atomic E-state index is 12.9. The molecule has 0 bridgehead atoms. The zero-order valence-electron chi connectivity index (χ0n) is 6.53. The van der Waals surface area contributed by atoms with Crippen molar-refractivity contribution >= 4 is 18.5 Å². The van der Waals surface area contributed by atoms with Crippen LogP contribution in [0, 0.1) is 0 Å². The normalized spacial score (nSPS) is 11.2. The first kappa shape index (κ1) is 9.89. The van der Waals surface area contributed by atoms with Crippen LogP contribution in [0.15, 0.2) is 30.3 Å². The van der Waals surface area contributed by atoms with E-state index < -0.39 is 5.15 Å². The summed E-state index contributed by atoms with van der Waals surface area (Å²) in [6, 6.07) is 9.17. The van der Waals surface area contributed by atoms with E-state index in [1.165, 1.54) is 0 Å². The van der Waals surface area contributed by atoms with Crippen molar-refractivity contribution in [1.82, 2.24) is 0 Å². The minimum absolute atomic E-state index is 0.0202. The van der Waals surface area contributed by atoms with E-state index in [-0.39, 0.29) is 6.61 Å². The number of alkyl halides is 1. The maximum atomic E-state index is 12.9. The fourth-order valence-corrected chi connectivity index (χ4v) is 0.877. The van der Waals surface area contributed by atoms with Gasteiger partial charge in [0.2, 0.25) is 0 Å². The molecule has 4 heteroatoms. The van der Waals surface area contributed by atoms with Gasteiger partial charge in [0.25, 0.3) is 0 Å². The van der Waals surface area contributed by atoms with Crippen LogP contribution < -0.4 is 4.74 Å². The van der Waals surface area contributed by atoms with Crippen molar-refractivity contribution in [2.75, 3.05) is 6.61 Å². The zero-order chi connectivity index (χ0) is 9.03. The summed E-state index contributed by atoms with van der Waals surface area (Å²) in [5, 5.41) is -1.43. The molecule has 0 fully saturated rings. The molecule has 0 aliphatic carbocycles. The smallest absolute Gasteiger partial charge is 0.169 e. The Balaban J connectivity index is 2.44. The van der Waals surface area contributed by atoms with E-state index in [1.807, 2.05) is 18.2 Å². The van der Waals surface area contributed by atoms with Gasteiger partial charge in [0.05, 0.1) is 0 Å². The third kappa shape index (κ3) is 3.99. The molecule has 0 saturated heterocycles. The SMILES string of the molecule is FC(P)(P)COc1ccccc1. The Labute approximate surface area is 76.1 Å². The molecule has 0 aliphatic rings. The Bertz CT molecular complexity index is 233. The van der Waals surface area contributed by atoms with Crippen LogP contribution in [0.3, 0.4) is 0 Å². The van der Waals surface area contributed by atoms with Gasteiger partial charge in [-0.15, -0.1) is 0 Å². The van der Waals surface area contributed by atoms with Crippen LogP contribution in [0.2, 0.25) is 0 Å². The Morgan fingerprint density at radius 2 is 1.83 bits per heavy atom. The van der Waals surface area contributed by atoms with E-state index in [4.69, 9.17) is 4.74 Å². The lowest BCUT2D eigenvalue weighted by molar-refractivity contribution is 0.232. The molecular weight excluding hydrogens is 193 g/mol. The maximum Gasteiger partial charge on any atom is 0.169 e.